The van der Waals surface area contributed by atoms with Crippen LogP contribution in [0.25, 0.3) is 0 Å². The molecule has 0 amide bonds. The third-order valence-corrected chi connectivity index (χ3v) is 2.05. The topological polar surface area (TPSA) is 52.6 Å². The van der Waals surface area contributed by atoms with E-state index in [1.807, 2.05) is 6.92 Å². The highest BCUT2D eigenvalue weighted by atomic mass is 16.5. The summed E-state index contributed by atoms with van der Waals surface area (Å²) in [7, 11) is 0. The van der Waals surface area contributed by atoms with Gasteiger partial charge < -0.3 is 9.47 Å². The van der Waals surface area contributed by atoms with Gasteiger partial charge in [-0.15, -0.1) is 0 Å². The van der Waals surface area contributed by atoms with Gasteiger partial charge in [-0.1, -0.05) is 19.1 Å². The zero-order valence-corrected chi connectivity index (χ0v) is 10.1. The molecular formula is C13H16O4. The zero-order chi connectivity index (χ0) is 12.7. The number of rotatable bonds is 5. The second-order valence-corrected chi connectivity index (χ2v) is 3.65. The van der Waals surface area contributed by atoms with Crippen LogP contribution < -0.4 is 4.74 Å². The van der Waals surface area contributed by atoms with Gasteiger partial charge in [0, 0.05) is 13.3 Å². The maximum atomic E-state index is 11.2. The van der Waals surface area contributed by atoms with Crippen molar-refractivity contribution in [3.8, 4) is 5.75 Å². The predicted octanol–water partition coefficient (Wildman–Crippen LogP) is 2.46. The minimum Gasteiger partial charge on any atom is -0.461 e. The van der Waals surface area contributed by atoms with Gasteiger partial charge in [-0.05, 0) is 24.1 Å². The van der Waals surface area contributed by atoms with Crippen LogP contribution in [0.4, 0.5) is 0 Å². The Balaban J connectivity index is 2.49. The normalized spacial score (nSPS) is 9.76. The van der Waals surface area contributed by atoms with Crippen LogP contribution in [0, 0.1) is 0 Å². The van der Waals surface area contributed by atoms with E-state index in [-0.39, 0.29) is 18.5 Å². The molecule has 0 aromatic heterocycles. The van der Waals surface area contributed by atoms with Crippen LogP contribution in [0.5, 0.6) is 5.75 Å². The highest BCUT2D eigenvalue weighted by molar-refractivity contribution is 5.72. The fourth-order valence-corrected chi connectivity index (χ4v) is 1.23. The van der Waals surface area contributed by atoms with Gasteiger partial charge in [-0.25, -0.2) is 0 Å². The van der Waals surface area contributed by atoms with E-state index in [0.717, 1.165) is 12.0 Å². The van der Waals surface area contributed by atoms with E-state index in [2.05, 4.69) is 0 Å². The van der Waals surface area contributed by atoms with E-state index >= 15 is 0 Å². The van der Waals surface area contributed by atoms with Gasteiger partial charge in [0.15, 0.2) is 0 Å². The predicted molar refractivity (Wildman–Crippen MR) is 62.5 cm³/mol. The first kappa shape index (κ1) is 13.2. The maximum Gasteiger partial charge on any atom is 0.311 e. The van der Waals surface area contributed by atoms with E-state index in [4.69, 9.17) is 9.47 Å². The molecule has 4 nitrogen and oxygen atoms in total. The highest BCUT2D eigenvalue weighted by Crippen LogP contribution is 2.13. The molecule has 0 aliphatic carbocycles. The van der Waals surface area contributed by atoms with Crippen LogP contribution in [0.3, 0.4) is 0 Å². The van der Waals surface area contributed by atoms with Crippen molar-refractivity contribution in [2.75, 3.05) is 0 Å². The molecule has 0 aliphatic heterocycles. The van der Waals surface area contributed by atoms with Crippen LogP contribution in [0.15, 0.2) is 24.3 Å². The molecule has 0 bridgehead atoms. The molecule has 4 heteroatoms. The molecule has 0 N–H and O–H groups in total. The lowest BCUT2D eigenvalue weighted by Crippen LogP contribution is -2.06. The lowest BCUT2D eigenvalue weighted by molar-refractivity contribution is -0.142. The lowest BCUT2D eigenvalue weighted by Gasteiger charge is -2.05. The number of hydrogen-bond acceptors (Lipinski definition) is 4. The summed E-state index contributed by atoms with van der Waals surface area (Å²) in [5.74, 6) is -0.0429. The van der Waals surface area contributed by atoms with Crippen molar-refractivity contribution in [1.29, 1.82) is 0 Å². The Labute approximate surface area is 101 Å². The fourth-order valence-electron chi connectivity index (χ4n) is 1.23. The van der Waals surface area contributed by atoms with E-state index < -0.39 is 0 Å². The third-order valence-electron chi connectivity index (χ3n) is 2.05. The van der Waals surface area contributed by atoms with Crippen molar-refractivity contribution in [1.82, 2.24) is 0 Å². The van der Waals surface area contributed by atoms with Crippen LogP contribution in [0.2, 0.25) is 0 Å². The second kappa shape index (κ2) is 6.68. The molecule has 0 aliphatic rings. The summed E-state index contributed by atoms with van der Waals surface area (Å²) >= 11 is 0. The molecule has 0 radical (unpaired) electrons. The summed E-state index contributed by atoms with van der Waals surface area (Å²) in [6.07, 6.45) is 1.18. The summed E-state index contributed by atoms with van der Waals surface area (Å²) in [6, 6.07) is 6.90. The van der Waals surface area contributed by atoms with Crippen molar-refractivity contribution in [2.24, 2.45) is 0 Å². The van der Waals surface area contributed by atoms with Gasteiger partial charge in [0.2, 0.25) is 0 Å². The van der Waals surface area contributed by atoms with Crippen LogP contribution in [-0.4, -0.2) is 11.9 Å². The number of benzene rings is 1. The smallest absolute Gasteiger partial charge is 0.311 e. The quantitative estimate of drug-likeness (QED) is 0.582. The number of carbonyl (C=O) groups is 2. The van der Waals surface area contributed by atoms with Gasteiger partial charge in [-0.3, -0.25) is 9.59 Å². The Morgan fingerprint density at radius 3 is 2.35 bits per heavy atom. The molecule has 0 saturated carbocycles. The van der Waals surface area contributed by atoms with Gasteiger partial charge in [0.1, 0.15) is 12.4 Å². The molecule has 0 saturated heterocycles. The van der Waals surface area contributed by atoms with Crippen LogP contribution in [0.1, 0.15) is 32.3 Å². The van der Waals surface area contributed by atoms with Gasteiger partial charge in [0.05, 0.1) is 0 Å². The van der Waals surface area contributed by atoms with E-state index in [1.165, 1.54) is 6.92 Å². The Hall–Kier alpha value is -1.84. The van der Waals surface area contributed by atoms with E-state index in [0.29, 0.717) is 12.2 Å². The van der Waals surface area contributed by atoms with Crippen LogP contribution >= 0.6 is 0 Å². The summed E-state index contributed by atoms with van der Waals surface area (Å²) in [6.45, 7) is 3.52. The molecule has 1 rings (SSSR count). The SMILES string of the molecule is CCCC(=O)Oc1ccc(COC(C)=O)cc1. The molecule has 17 heavy (non-hydrogen) atoms. The van der Waals surface area contributed by atoms with E-state index in [9.17, 15) is 9.59 Å². The largest absolute Gasteiger partial charge is 0.461 e. The zero-order valence-electron chi connectivity index (χ0n) is 10.1. The van der Waals surface area contributed by atoms with Gasteiger partial charge in [-0.2, -0.15) is 0 Å². The number of ether oxygens (including phenoxy) is 2. The maximum absolute atomic E-state index is 11.2. The van der Waals surface area contributed by atoms with Crippen molar-refractivity contribution < 1.29 is 19.1 Å². The molecule has 0 fully saturated rings. The first-order valence-electron chi connectivity index (χ1n) is 5.54. The highest BCUT2D eigenvalue weighted by Gasteiger charge is 2.03. The third kappa shape index (κ3) is 5.15. The Morgan fingerprint density at radius 1 is 1.18 bits per heavy atom. The Bertz CT molecular complexity index is 381. The van der Waals surface area contributed by atoms with Crippen molar-refractivity contribution in [2.45, 2.75) is 33.3 Å². The molecule has 0 unspecified atom stereocenters. The van der Waals surface area contributed by atoms with Crippen molar-refractivity contribution in [3.05, 3.63) is 29.8 Å². The monoisotopic (exact) mass is 236 g/mol. The molecule has 0 spiro atoms. The summed E-state index contributed by atoms with van der Waals surface area (Å²) < 4.78 is 9.93. The number of carbonyl (C=O) groups excluding carboxylic acids is 2. The summed E-state index contributed by atoms with van der Waals surface area (Å²) in [5.41, 5.74) is 0.857. The first-order chi connectivity index (χ1) is 8.11. The summed E-state index contributed by atoms with van der Waals surface area (Å²) in [4.78, 5) is 21.8. The Morgan fingerprint density at radius 2 is 1.82 bits per heavy atom. The van der Waals surface area contributed by atoms with Crippen molar-refractivity contribution >= 4 is 11.9 Å². The minimum atomic E-state index is -0.316. The molecule has 92 valence electrons. The van der Waals surface area contributed by atoms with Gasteiger partial charge >= 0.3 is 11.9 Å². The van der Waals surface area contributed by atoms with Crippen LogP contribution in [-0.2, 0) is 20.9 Å². The number of esters is 2. The molecule has 0 heterocycles. The molecular weight excluding hydrogens is 220 g/mol. The van der Waals surface area contributed by atoms with E-state index in [1.54, 1.807) is 24.3 Å². The Kier molecular flexibility index (Phi) is 5.20. The van der Waals surface area contributed by atoms with Crippen molar-refractivity contribution in [3.63, 3.8) is 0 Å². The molecule has 0 atom stereocenters. The molecule has 1 aromatic carbocycles. The standard InChI is InChI=1S/C13H16O4/c1-3-4-13(15)17-12-7-5-11(6-8-12)9-16-10(2)14/h5-8H,3-4,9H2,1-2H3. The average Bonchev–Trinajstić information content (AvgIpc) is 2.28. The number of hydrogen-bond donors (Lipinski definition) is 0. The lowest BCUT2D eigenvalue weighted by atomic mass is 10.2. The first-order valence-corrected chi connectivity index (χ1v) is 5.54. The molecule has 1 aromatic rings. The second-order valence-electron chi connectivity index (χ2n) is 3.65. The van der Waals surface area contributed by atoms with Gasteiger partial charge in [0.25, 0.3) is 0 Å². The minimum absolute atomic E-state index is 0.235. The fraction of sp³-hybridized carbons (Fsp3) is 0.385. The average molecular weight is 236 g/mol. The summed E-state index contributed by atoms with van der Waals surface area (Å²) in [5, 5.41) is 0.